The molecule has 0 radical (unpaired) electrons. The number of nitro groups is 1. The number of nitrogens with zero attached hydrogens (tertiary/aromatic N) is 2. The molecule has 0 bridgehead atoms. The average Bonchev–Trinajstić information content (AvgIpc) is 2.66. The summed E-state index contributed by atoms with van der Waals surface area (Å²) in [6, 6.07) is 13.5. The van der Waals surface area contributed by atoms with Crippen molar-refractivity contribution in [3.8, 4) is 6.07 Å². The summed E-state index contributed by atoms with van der Waals surface area (Å²) in [6.45, 7) is 1.94. The van der Waals surface area contributed by atoms with Gasteiger partial charge in [-0.2, -0.15) is 5.26 Å². The largest absolute Gasteiger partial charge is 0.462 e. The molecule has 0 saturated carbocycles. The van der Waals surface area contributed by atoms with Crippen molar-refractivity contribution in [3.63, 3.8) is 0 Å². The molecule has 1 amide bonds. The van der Waals surface area contributed by atoms with E-state index in [0.717, 1.165) is 6.08 Å². The number of carbonyl (C=O) groups is 2. The Kier molecular flexibility index (Phi) is 6.39. The molecule has 8 heteroatoms. The van der Waals surface area contributed by atoms with E-state index in [1.807, 2.05) is 0 Å². The molecule has 0 spiro atoms. The highest BCUT2D eigenvalue weighted by Crippen LogP contribution is 2.21. The molecule has 0 heterocycles. The van der Waals surface area contributed by atoms with Gasteiger partial charge in [-0.3, -0.25) is 14.9 Å². The Bertz CT molecular complexity index is 943. The van der Waals surface area contributed by atoms with Crippen molar-refractivity contribution in [1.82, 2.24) is 0 Å². The third-order valence-electron chi connectivity index (χ3n) is 3.45. The number of hydrogen-bond acceptors (Lipinski definition) is 6. The van der Waals surface area contributed by atoms with Crippen LogP contribution in [0.1, 0.15) is 22.8 Å². The Balaban J connectivity index is 2.20. The minimum Gasteiger partial charge on any atom is -0.462 e. The third-order valence-corrected chi connectivity index (χ3v) is 3.45. The van der Waals surface area contributed by atoms with Crippen molar-refractivity contribution >= 4 is 29.3 Å². The van der Waals surface area contributed by atoms with Crippen molar-refractivity contribution in [1.29, 1.82) is 5.26 Å². The Hall–Kier alpha value is -3.99. The number of anilines is 1. The molecule has 2 rings (SSSR count). The minimum absolute atomic E-state index is 0.145. The SMILES string of the molecule is CCOC(=O)c1ccc(NC(=O)C(C#N)=Cc2ccccc2[N+](=O)[O-])cc1. The maximum atomic E-state index is 12.3. The van der Waals surface area contributed by atoms with Crippen LogP contribution in [0.5, 0.6) is 0 Å². The first-order chi connectivity index (χ1) is 13.0. The number of para-hydroxylation sites is 1. The number of nitrogens with one attached hydrogen (secondary N) is 1. The smallest absolute Gasteiger partial charge is 0.338 e. The van der Waals surface area contributed by atoms with Gasteiger partial charge in [-0.15, -0.1) is 0 Å². The van der Waals surface area contributed by atoms with Crippen LogP contribution in [0.4, 0.5) is 11.4 Å². The predicted molar refractivity (Wildman–Crippen MR) is 97.7 cm³/mol. The number of hydrogen-bond donors (Lipinski definition) is 1. The summed E-state index contributed by atoms with van der Waals surface area (Å²) >= 11 is 0. The summed E-state index contributed by atoms with van der Waals surface area (Å²) in [6.07, 6.45) is 1.15. The van der Waals surface area contributed by atoms with Gasteiger partial charge in [0.05, 0.1) is 22.7 Å². The summed E-state index contributed by atoms with van der Waals surface area (Å²) in [7, 11) is 0. The zero-order valence-corrected chi connectivity index (χ0v) is 14.3. The number of amides is 1. The quantitative estimate of drug-likeness (QED) is 0.275. The molecule has 2 aromatic rings. The van der Waals surface area contributed by atoms with Gasteiger partial charge in [0.25, 0.3) is 11.6 Å². The summed E-state index contributed by atoms with van der Waals surface area (Å²) in [5.41, 5.74) is 0.324. The molecule has 27 heavy (non-hydrogen) atoms. The Labute approximate surface area is 154 Å². The predicted octanol–water partition coefficient (Wildman–Crippen LogP) is 3.32. The molecule has 1 N–H and O–H groups in total. The molecule has 0 aromatic heterocycles. The number of nitriles is 1. The summed E-state index contributed by atoms with van der Waals surface area (Å²) in [5, 5.41) is 22.8. The number of nitro benzene ring substituents is 1. The lowest BCUT2D eigenvalue weighted by atomic mass is 10.1. The molecule has 0 saturated heterocycles. The van der Waals surface area contributed by atoms with E-state index in [0.29, 0.717) is 11.3 Å². The third kappa shape index (κ3) is 4.99. The topological polar surface area (TPSA) is 122 Å². The second-order valence-corrected chi connectivity index (χ2v) is 5.24. The van der Waals surface area contributed by atoms with E-state index in [4.69, 9.17) is 4.74 Å². The van der Waals surface area contributed by atoms with Crippen LogP contribution in [0.3, 0.4) is 0 Å². The Morgan fingerprint density at radius 2 is 1.89 bits per heavy atom. The molecule has 0 unspecified atom stereocenters. The van der Waals surface area contributed by atoms with Crippen LogP contribution >= 0.6 is 0 Å². The van der Waals surface area contributed by atoms with Gasteiger partial charge in [0.1, 0.15) is 11.6 Å². The standard InChI is InChI=1S/C19H15N3O5/c1-2-27-19(24)13-7-9-16(10-8-13)21-18(23)15(12-20)11-14-5-3-4-6-17(14)22(25)26/h3-11H,2H2,1H3,(H,21,23). The first kappa shape index (κ1) is 19.3. The first-order valence-electron chi connectivity index (χ1n) is 7.90. The van der Waals surface area contributed by atoms with E-state index in [2.05, 4.69) is 5.32 Å². The second kappa shape index (κ2) is 8.92. The number of rotatable bonds is 6. The summed E-state index contributed by atoms with van der Waals surface area (Å²) in [5.74, 6) is -1.20. The van der Waals surface area contributed by atoms with Gasteiger partial charge in [0.2, 0.25) is 0 Å². The summed E-state index contributed by atoms with van der Waals surface area (Å²) in [4.78, 5) is 34.3. The minimum atomic E-state index is -0.723. The van der Waals surface area contributed by atoms with Gasteiger partial charge in [-0.25, -0.2) is 4.79 Å². The van der Waals surface area contributed by atoms with E-state index >= 15 is 0 Å². The molecule has 136 valence electrons. The zero-order chi connectivity index (χ0) is 19.8. The van der Waals surface area contributed by atoms with E-state index in [-0.39, 0.29) is 23.4 Å². The van der Waals surface area contributed by atoms with Gasteiger partial charge in [-0.05, 0) is 43.3 Å². The first-order valence-corrected chi connectivity index (χ1v) is 7.90. The second-order valence-electron chi connectivity index (χ2n) is 5.24. The van der Waals surface area contributed by atoms with Crippen LogP contribution in [0.2, 0.25) is 0 Å². The lowest BCUT2D eigenvalue weighted by Crippen LogP contribution is -2.13. The lowest BCUT2D eigenvalue weighted by Gasteiger charge is -2.06. The number of ether oxygens (including phenoxy) is 1. The van der Waals surface area contributed by atoms with E-state index < -0.39 is 16.8 Å². The van der Waals surface area contributed by atoms with Crippen LogP contribution in [0.15, 0.2) is 54.1 Å². The van der Waals surface area contributed by atoms with Crippen molar-refractivity contribution in [2.45, 2.75) is 6.92 Å². The van der Waals surface area contributed by atoms with Crippen molar-refractivity contribution in [2.75, 3.05) is 11.9 Å². The van der Waals surface area contributed by atoms with Gasteiger partial charge in [0.15, 0.2) is 0 Å². The fourth-order valence-electron chi connectivity index (χ4n) is 2.18. The van der Waals surface area contributed by atoms with Crippen molar-refractivity contribution < 1.29 is 19.2 Å². The molecule has 8 nitrogen and oxygen atoms in total. The number of benzene rings is 2. The maximum absolute atomic E-state index is 12.3. The molecule has 0 fully saturated rings. The molecule has 0 atom stereocenters. The normalized spacial score (nSPS) is 10.6. The van der Waals surface area contributed by atoms with Crippen LogP contribution in [0.25, 0.3) is 6.08 Å². The molecular weight excluding hydrogens is 350 g/mol. The monoisotopic (exact) mass is 365 g/mol. The molecule has 0 aliphatic carbocycles. The van der Waals surface area contributed by atoms with Crippen LogP contribution in [-0.2, 0) is 9.53 Å². The van der Waals surface area contributed by atoms with Crippen LogP contribution in [-0.4, -0.2) is 23.4 Å². The van der Waals surface area contributed by atoms with E-state index in [1.54, 1.807) is 19.1 Å². The number of carbonyl (C=O) groups excluding carboxylic acids is 2. The van der Waals surface area contributed by atoms with Crippen LogP contribution in [0, 0.1) is 21.4 Å². The lowest BCUT2D eigenvalue weighted by molar-refractivity contribution is -0.385. The van der Waals surface area contributed by atoms with Gasteiger partial charge >= 0.3 is 5.97 Å². The maximum Gasteiger partial charge on any atom is 0.338 e. The van der Waals surface area contributed by atoms with Crippen molar-refractivity contribution in [3.05, 3.63) is 75.3 Å². The number of esters is 1. The fraction of sp³-hybridized carbons (Fsp3) is 0.105. The fourth-order valence-corrected chi connectivity index (χ4v) is 2.18. The highest BCUT2D eigenvalue weighted by atomic mass is 16.6. The van der Waals surface area contributed by atoms with Gasteiger partial charge in [-0.1, -0.05) is 12.1 Å². The van der Waals surface area contributed by atoms with Gasteiger partial charge < -0.3 is 10.1 Å². The average molecular weight is 365 g/mol. The molecular formula is C19H15N3O5. The Morgan fingerprint density at radius 3 is 2.48 bits per heavy atom. The summed E-state index contributed by atoms with van der Waals surface area (Å²) < 4.78 is 4.87. The van der Waals surface area contributed by atoms with E-state index in [9.17, 15) is 25.0 Å². The Morgan fingerprint density at radius 1 is 1.22 bits per heavy atom. The highest BCUT2D eigenvalue weighted by Gasteiger charge is 2.15. The molecule has 0 aliphatic heterocycles. The molecule has 2 aromatic carbocycles. The van der Waals surface area contributed by atoms with Crippen molar-refractivity contribution in [2.24, 2.45) is 0 Å². The van der Waals surface area contributed by atoms with Crippen LogP contribution < -0.4 is 5.32 Å². The van der Waals surface area contributed by atoms with E-state index in [1.165, 1.54) is 42.5 Å². The highest BCUT2D eigenvalue weighted by molar-refractivity contribution is 6.10. The zero-order valence-electron chi connectivity index (χ0n) is 14.3. The van der Waals surface area contributed by atoms with Gasteiger partial charge in [0, 0.05) is 11.8 Å². The molecule has 0 aliphatic rings.